The summed E-state index contributed by atoms with van der Waals surface area (Å²) in [7, 11) is 0. The van der Waals surface area contributed by atoms with Gasteiger partial charge in [-0.15, -0.1) is 0 Å². The summed E-state index contributed by atoms with van der Waals surface area (Å²) >= 11 is 0. The highest BCUT2D eigenvalue weighted by molar-refractivity contribution is 5.76. The van der Waals surface area contributed by atoms with E-state index in [1.165, 1.54) is 25.7 Å². The van der Waals surface area contributed by atoms with Gasteiger partial charge in [-0.25, -0.2) is 4.98 Å². The van der Waals surface area contributed by atoms with Gasteiger partial charge in [-0.1, -0.05) is 18.9 Å². The Morgan fingerprint density at radius 2 is 2.05 bits per heavy atom. The van der Waals surface area contributed by atoms with Gasteiger partial charge in [-0.2, -0.15) is 5.26 Å². The lowest BCUT2D eigenvalue weighted by Gasteiger charge is -2.15. The Bertz CT molecular complexity index is 640. The number of aromatic amines is 1. The minimum atomic E-state index is -0.452. The average Bonchev–Trinajstić information content (AvgIpc) is 3.06. The minimum Gasteiger partial charge on any atom is -0.342 e. The fourth-order valence-electron chi connectivity index (χ4n) is 2.88. The zero-order valence-corrected chi connectivity index (χ0v) is 11.5. The van der Waals surface area contributed by atoms with Gasteiger partial charge < -0.3 is 4.98 Å². The van der Waals surface area contributed by atoms with Crippen molar-refractivity contribution in [2.24, 2.45) is 0 Å². The van der Waals surface area contributed by atoms with E-state index in [0.717, 1.165) is 22.4 Å². The van der Waals surface area contributed by atoms with Gasteiger partial charge in [-0.3, -0.25) is 0 Å². The normalized spacial score (nSPS) is 16.9. The number of rotatable bonds is 2. The van der Waals surface area contributed by atoms with Gasteiger partial charge in [0.05, 0.1) is 22.5 Å². The zero-order chi connectivity index (χ0) is 13.5. The van der Waals surface area contributed by atoms with Crippen molar-refractivity contribution in [3.8, 4) is 6.07 Å². The molecule has 1 aromatic heterocycles. The van der Waals surface area contributed by atoms with Crippen molar-refractivity contribution in [2.75, 3.05) is 0 Å². The van der Waals surface area contributed by atoms with Crippen LogP contribution in [0.5, 0.6) is 0 Å². The third kappa shape index (κ3) is 2.12. The summed E-state index contributed by atoms with van der Waals surface area (Å²) in [6, 6.07) is 8.47. The second kappa shape index (κ2) is 4.38. The molecule has 0 aliphatic heterocycles. The number of nitrogens with one attached hydrogen (secondary N) is 1. The van der Waals surface area contributed by atoms with Crippen LogP contribution in [0.3, 0.4) is 0 Å². The molecular weight excluding hydrogens is 234 g/mol. The van der Waals surface area contributed by atoms with Gasteiger partial charge >= 0.3 is 0 Å². The molecule has 0 atom stereocenters. The van der Waals surface area contributed by atoms with Crippen molar-refractivity contribution in [3.05, 3.63) is 29.6 Å². The molecule has 2 aromatic rings. The quantitative estimate of drug-likeness (QED) is 0.878. The Kier molecular flexibility index (Phi) is 2.82. The number of H-pyrrole nitrogens is 1. The SMILES string of the molecule is CC(C)(C#N)c1ccc2nc(C3CCCC3)[nH]c2c1. The maximum atomic E-state index is 9.22. The molecule has 1 aliphatic carbocycles. The molecule has 1 N–H and O–H groups in total. The van der Waals surface area contributed by atoms with E-state index >= 15 is 0 Å². The van der Waals surface area contributed by atoms with E-state index in [1.54, 1.807) is 0 Å². The van der Waals surface area contributed by atoms with Crippen LogP contribution in [0.4, 0.5) is 0 Å². The van der Waals surface area contributed by atoms with Crippen molar-refractivity contribution in [1.29, 1.82) is 5.26 Å². The molecule has 0 amide bonds. The number of hydrogen-bond acceptors (Lipinski definition) is 2. The van der Waals surface area contributed by atoms with Crippen LogP contribution in [0, 0.1) is 11.3 Å². The molecule has 1 saturated carbocycles. The molecule has 98 valence electrons. The van der Waals surface area contributed by atoms with Crippen molar-refractivity contribution < 1.29 is 0 Å². The summed E-state index contributed by atoms with van der Waals surface area (Å²) in [6.45, 7) is 3.89. The van der Waals surface area contributed by atoms with E-state index in [-0.39, 0.29) is 0 Å². The van der Waals surface area contributed by atoms with E-state index in [2.05, 4.69) is 17.1 Å². The van der Waals surface area contributed by atoms with Crippen LogP contribution < -0.4 is 0 Å². The monoisotopic (exact) mass is 253 g/mol. The highest BCUT2D eigenvalue weighted by atomic mass is 14.9. The lowest BCUT2D eigenvalue weighted by molar-refractivity contribution is 0.681. The van der Waals surface area contributed by atoms with Gasteiger partial charge in [0.25, 0.3) is 0 Å². The molecule has 0 saturated heterocycles. The van der Waals surface area contributed by atoms with Gasteiger partial charge in [-0.05, 0) is 44.4 Å². The second-order valence-corrected chi connectivity index (χ2v) is 6.07. The van der Waals surface area contributed by atoms with Crippen LogP contribution in [0.2, 0.25) is 0 Å². The van der Waals surface area contributed by atoms with Crippen molar-refractivity contribution >= 4 is 11.0 Å². The molecule has 19 heavy (non-hydrogen) atoms. The lowest BCUT2D eigenvalue weighted by Crippen LogP contribution is -2.13. The number of fused-ring (bicyclic) bond motifs is 1. The van der Waals surface area contributed by atoms with Crippen LogP contribution >= 0.6 is 0 Å². The summed E-state index contributed by atoms with van der Waals surface area (Å²) in [5.41, 5.74) is 2.67. The van der Waals surface area contributed by atoms with Crippen LogP contribution in [-0.2, 0) is 5.41 Å². The highest BCUT2D eigenvalue weighted by Gasteiger charge is 2.22. The number of hydrogen-bond donors (Lipinski definition) is 1. The van der Waals surface area contributed by atoms with E-state index in [4.69, 9.17) is 4.98 Å². The summed E-state index contributed by atoms with van der Waals surface area (Å²) < 4.78 is 0. The topological polar surface area (TPSA) is 52.5 Å². The molecule has 3 rings (SSSR count). The first-order valence-electron chi connectivity index (χ1n) is 7.01. The first-order valence-corrected chi connectivity index (χ1v) is 7.01. The van der Waals surface area contributed by atoms with Crippen molar-refractivity contribution in [3.63, 3.8) is 0 Å². The van der Waals surface area contributed by atoms with Gasteiger partial charge in [0.1, 0.15) is 5.82 Å². The summed E-state index contributed by atoms with van der Waals surface area (Å²) in [6.07, 6.45) is 5.12. The smallest absolute Gasteiger partial charge is 0.110 e. The molecule has 1 fully saturated rings. The average molecular weight is 253 g/mol. The van der Waals surface area contributed by atoms with Gasteiger partial charge in [0.15, 0.2) is 0 Å². The number of benzene rings is 1. The minimum absolute atomic E-state index is 0.452. The maximum Gasteiger partial charge on any atom is 0.110 e. The largest absolute Gasteiger partial charge is 0.342 e. The Balaban J connectivity index is 2.02. The van der Waals surface area contributed by atoms with Gasteiger partial charge in [0.2, 0.25) is 0 Å². The van der Waals surface area contributed by atoms with E-state index < -0.39 is 5.41 Å². The molecule has 1 aromatic carbocycles. The summed E-state index contributed by atoms with van der Waals surface area (Å²) in [4.78, 5) is 8.16. The predicted octanol–water partition coefficient (Wildman–Crippen LogP) is 4.02. The van der Waals surface area contributed by atoms with E-state index in [1.807, 2.05) is 26.0 Å². The predicted molar refractivity (Wildman–Crippen MR) is 75.9 cm³/mol. The fourth-order valence-corrected chi connectivity index (χ4v) is 2.88. The summed E-state index contributed by atoms with van der Waals surface area (Å²) in [5, 5.41) is 9.22. The van der Waals surface area contributed by atoms with E-state index in [9.17, 15) is 5.26 Å². The maximum absolute atomic E-state index is 9.22. The molecule has 1 aliphatic rings. The Morgan fingerprint density at radius 1 is 1.32 bits per heavy atom. The van der Waals surface area contributed by atoms with Crippen molar-refractivity contribution in [2.45, 2.75) is 50.9 Å². The van der Waals surface area contributed by atoms with Crippen LogP contribution in [0.25, 0.3) is 11.0 Å². The molecule has 3 nitrogen and oxygen atoms in total. The lowest BCUT2D eigenvalue weighted by atomic mass is 9.86. The number of aromatic nitrogens is 2. The molecule has 0 spiro atoms. The Morgan fingerprint density at radius 3 is 2.74 bits per heavy atom. The highest BCUT2D eigenvalue weighted by Crippen LogP contribution is 2.34. The van der Waals surface area contributed by atoms with Crippen LogP contribution in [0.1, 0.15) is 56.8 Å². The third-order valence-electron chi connectivity index (χ3n) is 4.24. The first kappa shape index (κ1) is 12.2. The molecule has 3 heteroatoms. The van der Waals surface area contributed by atoms with Crippen LogP contribution in [0.15, 0.2) is 18.2 Å². The Hall–Kier alpha value is -1.82. The fraction of sp³-hybridized carbons (Fsp3) is 0.500. The zero-order valence-electron chi connectivity index (χ0n) is 11.5. The first-order chi connectivity index (χ1) is 9.10. The standard InChI is InChI=1S/C16H19N3/c1-16(2,10-17)12-7-8-13-14(9-12)19-15(18-13)11-5-3-4-6-11/h7-9,11H,3-6H2,1-2H3,(H,18,19). The molecule has 0 bridgehead atoms. The van der Waals surface area contributed by atoms with Gasteiger partial charge in [0, 0.05) is 5.92 Å². The van der Waals surface area contributed by atoms with Crippen LogP contribution in [-0.4, -0.2) is 9.97 Å². The van der Waals surface area contributed by atoms with E-state index in [0.29, 0.717) is 5.92 Å². The molecule has 1 heterocycles. The number of nitriles is 1. The molecule has 0 radical (unpaired) electrons. The molecular formula is C16H19N3. The third-order valence-corrected chi connectivity index (χ3v) is 4.24. The van der Waals surface area contributed by atoms with Crippen molar-refractivity contribution in [1.82, 2.24) is 9.97 Å². The number of imidazole rings is 1. The molecule has 0 unspecified atom stereocenters. The summed E-state index contributed by atoms with van der Waals surface area (Å²) in [5.74, 6) is 1.72. The number of nitrogens with zero attached hydrogens (tertiary/aromatic N) is 2. The second-order valence-electron chi connectivity index (χ2n) is 6.07. The Labute approximate surface area is 113 Å².